The smallest absolute Gasteiger partial charge is 0.243 e. The maximum atomic E-state index is 12.6. The monoisotopic (exact) mass is 321 g/mol. The summed E-state index contributed by atoms with van der Waals surface area (Å²) in [6.07, 6.45) is 4.04. The summed E-state index contributed by atoms with van der Waals surface area (Å²) in [5.74, 6) is 0.761. The maximum Gasteiger partial charge on any atom is 0.243 e. The van der Waals surface area contributed by atoms with Gasteiger partial charge in [0.05, 0.1) is 0 Å². The molecule has 122 valence electrons. The SMILES string of the molecule is CNc1ccc(C2CCN(C(=O)C(C)(C)NSC)CC2)cc1. The molecule has 1 fully saturated rings. The number of piperidine rings is 1. The Morgan fingerprint density at radius 1 is 1.23 bits per heavy atom. The summed E-state index contributed by atoms with van der Waals surface area (Å²) in [4.78, 5) is 14.6. The normalized spacial score (nSPS) is 16.6. The number of likely N-dealkylation sites (tertiary alicyclic amines) is 1. The molecule has 0 radical (unpaired) electrons. The minimum atomic E-state index is -0.499. The molecule has 1 saturated heterocycles. The molecule has 22 heavy (non-hydrogen) atoms. The molecule has 0 unspecified atom stereocenters. The van der Waals surface area contributed by atoms with Crippen LogP contribution >= 0.6 is 11.9 Å². The number of hydrogen-bond donors (Lipinski definition) is 2. The first-order valence-electron chi connectivity index (χ1n) is 7.85. The van der Waals surface area contributed by atoms with Gasteiger partial charge in [0.2, 0.25) is 5.91 Å². The van der Waals surface area contributed by atoms with E-state index in [9.17, 15) is 4.79 Å². The lowest BCUT2D eigenvalue weighted by atomic mass is 9.88. The number of rotatable bonds is 5. The van der Waals surface area contributed by atoms with E-state index in [0.717, 1.165) is 31.6 Å². The van der Waals surface area contributed by atoms with Crippen LogP contribution in [-0.4, -0.2) is 42.7 Å². The molecule has 2 rings (SSSR count). The van der Waals surface area contributed by atoms with Crippen LogP contribution in [0.1, 0.15) is 38.2 Å². The van der Waals surface area contributed by atoms with Crippen LogP contribution in [0.25, 0.3) is 0 Å². The Kier molecular flexibility index (Phi) is 5.75. The van der Waals surface area contributed by atoms with Crippen LogP contribution in [0.15, 0.2) is 24.3 Å². The zero-order valence-electron chi connectivity index (χ0n) is 14.0. The van der Waals surface area contributed by atoms with E-state index < -0.39 is 5.54 Å². The summed E-state index contributed by atoms with van der Waals surface area (Å²) in [7, 11) is 1.93. The van der Waals surface area contributed by atoms with Crippen LogP contribution in [0.2, 0.25) is 0 Å². The van der Waals surface area contributed by atoms with Gasteiger partial charge in [-0.25, -0.2) is 4.72 Å². The summed E-state index contributed by atoms with van der Waals surface area (Å²) in [6, 6.07) is 8.65. The molecule has 2 N–H and O–H groups in total. The summed E-state index contributed by atoms with van der Waals surface area (Å²) in [6.45, 7) is 5.59. The average Bonchev–Trinajstić information content (AvgIpc) is 2.54. The predicted octanol–water partition coefficient (Wildman–Crippen LogP) is 3.08. The molecular weight excluding hydrogens is 294 g/mol. The van der Waals surface area contributed by atoms with Gasteiger partial charge in [0.25, 0.3) is 0 Å². The van der Waals surface area contributed by atoms with Crippen LogP contribution in [0.3, 0.4) is 0 Å². The fourth-order valence-electron chi connectivity index (χ4n) is 3.03. The van der Waals surface area contributed by atoms with Gasteiger partial charge >= 0.3 is 0 Å². The number of hydrogen-bond acceptors (Lipinski definition) is 4. The van der Waals surface area contributed by atoms with Crippen molar-refractivity contribution in [1.29, 1.82) is 0 Å². The lowest BCUT2D eigenvalue weighted by Crippen LogP contribution is -2.53. The second-order valence-electron chi connectivity index (χ2n) is 6.37. The van der Waals surface area contributed by atoms with Crippen molar-refractivity contribution in [1.82, 2.24) is 9.62 Å². The minimum absolute atomic E-state index is 0.200. The van der Waals surface area contributed by atoms with Crippen molar-refractivity contribution in [2.75, 3.05) is 31.7 Å². The molecule has 0 bridgehead atoms. The van der Waals surface area contributed by atoms with Gasteiger partial charge in [-0.15, -0.1) is 0 Å². The molecule has 0 atom stereocenters. The van der Waals surface area contributed by atoms with E-state index in [4.69, 9.17) is 0 Å². The average molecular weight is 321 g/mol. The highest BCUT2D eigenvalue weighted by Crippen LogP contribution is 2.29. The first-order valence-corrected chi connectivity index (χ1v) is 9.07. The van der Waals surface area contributed by atoms with Gasteiger partial charge in [-0.2, -0.15) is 0 Å². The van der Waals surface area contributed by atoms with E-state index in [1.54, 1.807) is 0 Å². The molecule has 0 aromatic heterocycles. The highest BCUT2D eigenvalue weighted by Gasteiger charge is 2.33. The molecule has 0 aliphatic carbocycles. The Bertz CT molecular complexity index is 493. The highest BCUT2D eigenvalue weighted by molar-refractivity contribution is 7.96. The van der Waals surface area contributed by atoms with Gasteiger partial charge in [0.1, 0.15) is 5.54 Å². The van der Waals surface area contributed by atoms with Crippen LogP contribution in [0.5, 0.6) is 0 Å². The third-order valence-electron chi connectivity index (χ3n) is 4.34. The molecule has 4 nitrogen and oxygen atoms in total. The quantitative estimate of drug-likeness (QED) is 0.818. The zero-order chi connectivity index (χ0) is 16.2. The third kappa shape index (κ3) is 3.96. The van der Waals surface area contributed by atoms with Crippen molar-refractivity contribution < 1.29 is 4.79 Å². The fourth-order valence-corrected chi connectivity index (χ4v) is 3.63. The Labute approximate surface area is 138 Å². The Morgan fingerprint density at radius 3 is 2.32 bits per heavy atom. The van der Waals surface area contributed by atoms with Crippen molar-refractivity contribution in [3.05, 3.63) is 29.8 Å². The minimum Gasteiger partial charge on any atom is -0.388 e. The van der Waals surface area contributed by atoms with Crippen molar-refractivity contribution in [3.8, 4) is 0 Å². The number of carbonyl (C=O) groups is 1. The van der Waals surface area contributed by atoms with Crippen molar-refractivity contribution in [2.24, 2.45) is 0 Å². The Hall–Kier alpha value is -1.20. The molecule has 1 aromatic rings. The summed E-state index contributed by atoms with van der Waals surface area (Å²) in [5.41, 5.74) is 2.02. The molecule has 1 aromatic carbocycles. The van der Waals surface area contributed by atoms with Crippen LogP contribution in [0.4, 0.5) is 5.69 Å². The molecule has 5 heteroatoms. The Morgan fingerprint density at radius 2 is 1.82 bits per heavy atom. The lowest BCUT2D eigenvalue weighted by molar-refractivity contribution is -0.137. The molecule has 1 heterocycles. The molecule has 1 aliphatic heterocycles. The summed E-state index contributed by atoms with van der Waals surface area (Å²) in [5, 5.41) is 3.15. The first kappa shape index (κ1) is 17.2. The van der Waals surface area contributed by atoms with Crippen LogP contribution in [0, 0.1) is 0 Å². The van der Waals surface area contributed by atoms with Crippen molar-refractivity contribution in [2.45, 2.75) is 38.1 Å². The van der Waals surface area contributed by atoms with Gasteiger partial charge in [0.15, 0.2) is 0 Å². The van der Waals surface area contributed by atoms with Gasteiger partial charge in [-0.1, -0.05) is 24.1 Å². The maximum absolute atomic E-state index is 12.6. The van der Waals surface area contributed by atoms with Gasteiger partial charge in [0, 0.05) is 25.8 Å². The lowest BCUT2D eigenvalue weighted by Gasteiger charge is -2.37. The largest absolute Gasteiger partial charge is 0.388 e. The number of benzene rings is 1. The van der Waals surface area contributed by atoms with E-state index in [1.807, 2.05) is 32.1 Å². The van der Waals surface area contributed by atoms with Crippen LogP contribution < -0.4 is 10.0 Å². The van der Waals surface area contributed by atoms with Gasteiger partial charge in [-0.05, 0) is 56.6 Å². The van der Waals surface area contributed by atoms with Crippen molar-refractivity contribution >= 4 is 23.5 Å². The first-order chi connectivity index (χ1) is 10.5. The van der Waals surface area contributed by atoms with E-state index >= 15 is 0 Å². The second-order valence-corrected chi connectivity index (χ2v) is 6.98. The standard InChI is InChI=1S/C17H27N3OS/c1-17(2,19-22-4)16(21)20-11-9-14(10-12-20)13-5-7-15(18-3)8-6-13/h5-8,14,18-19H,9-12H2,1-4H3. The van der Waals surface area contributed by atoms with Gasteiger partial charge < -0.3 is 10.2 Å². The fraction of sp³-hybridized carbons (Fsp3) is 0.588. The van der Waals surface area contributed by atoms with Crippen molar-refractivity contribution in [3.63, 3.8) is 0 Å². The topological polar surface area (TPSA) is 44.4 Å². The summed E-state index contributed by atoms with van der Waals surface area (Å²) >= 11 is 1.50. The number of carbonyl (C=O) groups excluding carboxylic acids is 1. The number of amides is 1. The summed E-state index contributed by atoms with van der Waals surface area (Å²) < 4.78 is 3.19. The highest BCUT2D eigenvalue weighted by atomic mass is 32.2. The zero-order valence-corrected chi connectivity index (χ0v) is 14.8. The van der Waals surface area contributed by atoms with E-state index in [0.29, 0.717) is 5.92 Å². The number of anilines is 1. The molecule has 1 aliphatic rings. The van der Waals surface area contributed by atoms with Gasteiger partial charge in [-0.3, -0.25) is 4.79 Å². The molecule has 1 amide bonds. The predicted molar refractivity (Wildman–Crippen MR) is 95.3 cm³/mol. The van der Waals surface area contributed by atoms with E-state index in [1.165, 1.54) is 17.5 Å². The number of nitrogens with zero attached hydrogens (tertiary/aromatic N) is 1. The number of nitrogens with one attached hydrogen (secondary N) is 2. The van der Waals surface area contributed by atoms with E-state index in [-0.39, 0.29) is 5.91 Å². The van der Waals surface area contributed by atoms with Crippen LogP contribution in [-0.2, 0) is 4.79 Å². The van der Waals surface area contributed by atoms with E-state index in [2.05, 4.69) is 34.3 Å². The molecular formula is C17H27N3OS. The molecule has 0 spiro atoms. The second kappa shape index (κ2) is 7.38. The Balaban J connectivity index is 1.93. The molecule has 0 saturated carbocycles. The third-order valence-corrected chi connectivity index (χ3v) is 5.06.